The van der Waals surface area contributed by atoms with Crippen molar-refractivity contribution in [2.75, 3.05) is 21.2 Å². The number of fused-ring (bicyclic) bond motifs is 1. The van der Waals surface area contributed by atoms with E-state index in [0.717, 1.165) is 5.56 Å². The van der Waals surface area contributed by atoms with Crippen LogP contribution >= 0.6 is 0 Å². The van der Waals surface area contributed by atoms with Crippen molar-refractivity contribution in [3.05, 3.63) is 64.1 Å². The molecule has 0 saturated heterocycles. The molecule has 0 spiro atoms. The van der Waals surface area contributed by atoms with E-state index in [4.69, 9.17) is 4.74 Å². The van der Waals surface area contributed by atoms with Gasteiger partial charge in [0.15, 0.2) is 17.2 Å². The number of methoxy groups -OCH3 is 1. The number of hydrogen-bond donors (Lipinski definition) is 1. The molecule has 31 heavy (non-hydrogen) atoms. The second-order valence-corrected chi connectivity index (χ2v) is 6.80. The van der Waals surface area contributed by atoms with E-state index < -0.39 is 12.5 Å². The van der Waals surface area contributed by atoms with Crippen molar-refractivity contribution in [3.63, 3.8) is 0 Å². The average molecular weight is 432 g/mol. The number of nitrogens with one attached hydrogen (secondary N) is 1. The highest BCUT2D eigenvalue weighted by Gasteiger charge is 2.17. The number of benzene rings is 2. The summed E-state index contributed by atoms with van der Waals surface area (Å²) in [6.07, 6.45) is 0. The quantitative estimate of drug-likeness (QED) is 0.589. The van der Waals surface area contributed by atoms with Gasteiger partial charge in [0.2, 0.25) is 0 Å². The molecular formula is C21H22F2N4O4. The van der Waals surface area contributed by atoms with Gasteiger partial charge < -0.3 is 14.8 Å². The Morgan fingerprint density at radius 1 is 1.19 bits per heavy atom. The molecule has 0 fully saturated rings. The Balaban J connectivity index is 1.87. The van der Waals surface area contributed by atoms with Gasteiger partial charge in [-0.1, -0.05) is 24.3 Å². The first-order valence-corrected chi connectivity index (χ1v) is 9.36. The number of carbonyl (C=O) groups excluding carboxylic acids is 1. The largest absolute Gasteiger partial charge is 0.493 e. The van der Waals surface area contributed by atoms with Crippen molar-refractivity contribution in [2.45, 2.75) is 19.8 Å². The van der Waals surface area contributed by atoms with Crippen LogP contribution in [0.1, 0.15) is 16.1 Å². The van der Waals surface area contributed by atoms with Gasteiger partial charge >= 0.3 is 6.61 Å². The third kappa shape index (κ3) is 4.97. The van der Waals surface area contributed by atoms with Crippen molar-refractivity contribution in [1.29, 1.82) is 0 Å². The molecule has 1 aromatic heterocycles. The van der Waals surface area contributed by atoms with Gasteiger partial charge in [0, 0.05) is 19.0 Å². The Morgan fingerprint density at radius 2 is 1.90 bits per heavy atom. The summed E-state index contributed by atoms with van der Waals surface area (Å²) in [7, 11) is 4.62. The topological polar surface area (TPSA) is 85.7 Å². The molecule has 0 bridgehead atoms. The highest BCUT2D eigenvalue weighted by atomic mass is 19.3. The SMILES string of the molecule is CNC(=O)c1nn(CN(C)Cc2ccc(OC(F)F)c(OC)c2)c(=O)c2ccccc12. The molecule has 0 aliphatic rings. The standard InChI is InChI=1S/C21H22F2N4O4/c1-24-19(28)18-14-6-4-5-7-15(14)20(29)27(25-18)12-26(2)11-13-8-9-16(31-21(22)23)17(10-13)30-3/h4-10,21H,11-12H2,1-3H3,(H,24,28). The number of halogens is 2. The molecule has 0 radical (unpaired) electrons. The van der Waals surface area contributed by atoms with Gasteiger partial charge in [-0.2, -0.15) is 13.9 Å². The summed E-state index contributed by atoms with van der Waals surface area (Å²) in [5, 5.41) is 7.66. The molecule has 8 nitrogen and oxygen atoms in total. The van der Waals surface area contributed by atoms with E-state index in [1.807, 2.05) is 0 Å². The lowest BCUT2D eigenvalue weighted by Gasteiger charge is -2.19. The summed E-state index contributed by atoms with van der Waals surface area (Å²) in [6.45, 7) is -2.49. The number of aromatic nitrogens is 2. The number of alkyl halides is 2. The summed E-state index contributed by atoms with van der Waals surface area (Å²) in [4.78, 5) is 26.9. The van der Waals surface area contributed by atoms with E-state index in [9.17, 15) is 18.4 Å². The van der Waals surface area contributed by atoms with Crippen LogP contribution in [0.25, 0.3) is 10.8 Å². The van der Waals surface area contributed by atoms with Crippen molar-refractivity contribution in [3.8, 4) is 11.5 Å². The predicted octanol–water partition coefficient (Wildman–Crippen LogP) is 2.46. The first-order chi connectivity index (χ1) is 14.8. The molecule has 10 heteroatoms. The number of rotatable bonds is 8. The van der Waals surface area contributed by atoms with Gasteiger partial charge in [0.1, 0.15) is 0 Å². The molecule has 1 N–H and O–H groups in total. The van der Waals surface area contributed by atoms with Crippen LogP contribution in [0.5, 0.6) is 11.5 Å². The minimum absolute atomic E-state index is 0.0634. The van der Waals surface area contributed by atoms with Crippen LogP contribution in [0, 0.1) is 0 Å². The van der Waals surface area contributed by atoms with Crippen LogP contribution in [-0.4, -0.2) is 48.4 Å². The Bertz CT molecular complexity index is 1150. The monoisotopic (exact) mass is 432 g/mol. The maximum Gasteiger partial charge on any atom is 0.387 e. The molecule has 3 aromatic rings. The molecule has 0 atom stereocenters. The van der Waals surface area contributed by atoms with Crippen LogP contribution in [-0.2, 0) is 13.2 Å². The molecule has 1 amide bonds. The number of ether oxygens (including phenoxy) is 2. The van der Waals surface area contributed by atoms with Gasteiger partial charge in [0.25, 0.3) is 11.5 Å². The van der Waals surface area contributed by atoms with E-state index >= 15 is 0 Å². The van der Waals surface area contributed by atoms with Crippen LogP contribution in [0.3, 0.4) is 0 Å². The lowest BCUT2D eigenvalue weighted by Crippen LogP contribution is -2.34. The second-order valence-electron chi connectivity index (χ2n) is 6.80. The van der Waals surface area contributed by atoms with Gasteiger partial charge in [0.05, 0.1) is 19.2 Å². The van der Waals surface area contributed by atoms with E-state index in [0.29, 0.717) is 17.3 Å². The molecule has 0 saturated carbocycles. The van der Waals surface area contributed by atoms with Crippen molar-refractivity contribution >= 4 is 16.7 Å². The summed E-state index contributed by atoms with van der Waals surface area (Å²) in [5.74, 6) is -0.285. The fourth-order valence-electron chi connectivity index (χ4n) is 3.21. The average Bonchev–Trinajstić information content (AvgIpc) is 2.75. The van der Waals surface area contributed by atoms with Gasteiger partial charge in [-0.3, -0.25) is 14.5 Å². The van der Waals surface area contributed by atoms with E-state index in [1.165, 1.54) is 24.9 Å². The van der Waals surface area contributed by atoms with Crippen molar-refractivity contribution in [1.82, 2.24) is 20.0 Å². The molecule has 164 valence electrons. The smallest absolute Gasteiger partial charge is 0.387 e. The third-order valence-electron chi connectivity index (χ3n) is 4.58. The third-order valence-corrected chi connectivity index (χ3v) is 4.58. The highest BCUT2D eigenvalue weighted by Crippen LogP contribution is 2.29. The number of carbonyl (C=O) groups is 1. The number of nitrogens with zero attached hydrogens (tertiary/aromatic N) is 3. The van der Waals surface area contributed by atoms with E-state index in [-0.39, 0.29) is 29.4 Å². The fraction of sp³-hybridized carbons (Fsp3) is 0.286. The normalized spacial score (nSPS) is 11.2. The molecule has 1 heterocycles. The number of hydrogen-bond acceptors (Lipinski definition) is 6. The van der Waals surface area contributed by atoms with Gasteiger partial charge in [-0.05, 0) is 30.8 Å². The zero-order chi connectivity index (χ0) is 22.5. The Kier molecular flexibility index (Phi) is 6.81. The first kappa shape index (κ1) is 22.2. The lowest BCUT2D eigenvalue weighted by molar-refractivity contribution is -0.0512. The minimum Gasteiger partial charge on any atom is -0.493 e. The fourth-order valence-corrected chi connectivity index (χ4v) is 3.21. The number of amides is 1. The summed E-state index contributed by atoms with van der Waals surface area (Å²) in [5.41, 5.74) is 0.580. The zero-order valence-electron chi connectivity index (χ0n) is 17.3. The Hall–Kier alpha value is -3.53. The maximum absolute atomic E-state index is 12.9. The predicted molar refractivity (Wildman–Crippen MR) is 110 cm³/mol. The zero-order valence-corrected chi connectivity index (χ0v) is 17.3. The van der Waals surface area contributed by atoms with Gasteiger partial charge in [-0.15, -0.1) is 0 Å². The van der Waals surface area contributed by atoms with Crippen LogP contribution in [0.2, 0.25) is 0 Å². The van der Waals surface area contributed by atoms with Crippen LogP contribution in [0.4, 0.5) is 8.78 Å². The second kappa shape index (κ2) is 9.52. The summed E-state index contributed by atoms with van der Waals surface area (Å²) >= 11 is 0. The summed E-state index contributed by atoms with van der Waals surface area (Å²) < 4.78 is 35.8. The van der Waals surface area contributed by atoms with E-state index in [2.05, 4.69) is 15.2 Å². The van der Waals surface area contributed by atoms with Crippen molar-refractivity contribution < 1.29 is 23.0 Å². The molecule has 3 rings (SSSR count). The molecular weight excluding hydrogens is 410 g/mol. The van der Waals surface area contributed by atoms with E-state index in [1.54, 1.807) is 48.3 Å². The lowest BCUT2D eigenvalue weighted by atomic mass is 10.1. The van der Waals surface area contributed by atoms with Gasteiger partial charge in [-0.25, -0.2) is 4.68 Å². The first-order valence-electron chi connectivity index (χ1n) is 9.36. The van der Waals surface area contributed by atoms with Crippen LogP contribution < -0.4 is 20.3 Å². The maximum atomic E-state index is 12.9. The van der Waals surface area contributed by atoms with Crippen LogP contribution in [0.15, 0.2) is 47.3 Å². The van der Waals surface area contributed by atoms with Crippen molar-refractivity contribution in [2.24, 2.45) is 0 Å². The summed E-state index contributed by atoms with van der Waals surface area (Å²) in [6, 6.07) is 11.4. The highest BCUT2D eigenvalue weighted by molar-refractivity contribution is 6.04. The molecule has 0 unspecified atom stereocenters. The Morgan fingerprint density at radius 3 is 2.55 bits per heavy atom. The molecule has 2 aromatic carbocycles. The minimum atomic E-state index is -2.96. The molecule has 0 aliphatic carbocycles. The molecule has 0 aliphatic heterocycles. The Labute approximate surface area is 177 Å².